The molecular weight excluding hydrogens is 520 g/mol. The van der Waals surface area contributed by atoms with Crippen LogP contribution in [0.2, 0.25) is 0 Å². The van der Waals surface area contributed by atoms with Crippen LogP contribution in [0.1, 0.15) is 43.9 Å². The summed E-state index contributed by atoms with van der Waals surface area (Å²) in [5.74, 6) is -2.63. The Bertz CT molecular complexity index is 1350. The number of ether oxygens (including phenoxy) is 2. The van der Waals surface area contributed by atoms with Gasteiger partial charge in [0.05, 0.1) is 12.1 Å². The first-order chi connectivity index (χ1) is 19.6. The molecule has 3 aromatic carbocycles. The molecule has 0 spiro atoms. The highest BCUT2D eigenvalue weighted by molar-refractivity contribution is 6.25. The predicted molar refractivity (Wildman–Crippen MR) is 154 cm³/mol. The standard InChI is InChI=1S/C33H36N2O6/c1-33(2,3)41-32(39)35-27(20-23-14-17-25(18-15-23)40-21-24-12-8-5-9-13-24)30(37)28-29(36)26(34-31(28)38)19-16-22-10-6-4-7-11-22/h4-15,17-18,26-28H,16,19-21H2,1-3H3,(H,34,38)(H,35,39). The van der Waals surface area contributed by atoms with Crippen LogP contribution in [-0.2, 0) is 38.6 Å². The molecule has 0 radical (unpaired) electrons. The summed E-state index contributed by atoms with van der Waals surface area (Å²) >= 11 is 0. The second kappa shape index (κ2) is 13.3. The highest BCUT2D eigenvalue weighted by atomic mass is 16.6. The first-order valence-corrected chi connectivity index (χ1v) is 13.8. The molecule has 0 aromatic heterocycles. The number of hydrogen-bond acceptors (Lipinski definition) is 6. The summed E-state index contributed by atoms with van der Waals surface area (Å²) in [6.07, 6.45) is 0.233. The fraction of sp³-hybridized carbons (Fsp3) is 0.333. The molecule has 41 heavy (non-hydrogen) atoms. The van der Waals surface area contributed by atoms with Gasteiger partial charge in [0, 0.05) is 0 Å². The summed E-state index contributed by atoms with van der Waals surface area (Å²) in [5, 5.41) is 5.28. The van der Waals surface area contributed by atoms with E-state index >= 15 is 0 Å². The van der Waals surface area contributed by atoms with Crippen LogP contribution in [-0.4, -0.2) is 41.3 Å². The van der Waals surface area contributed by atoms with Gasteiger partial charge < -0.3 is 20.1 Å². The van der Waals surface area contributed by atoms with Crippen LogP contribution in [0.4, 0.5) is 4.79 Å². The molecule has 0 aliphatic carbocycles. The summed E-state index contributed by atoms with van der Waals surface area (Å²) in [6.45, 7) is 5.54. The second-order valence-electron chi connectivity index (χ2n) is 11.1. The summed E-state index contributed by atoms with van der Waals surface area (Å²) in [5.41, 5.74) is 1.99. The van der Waals surface area contributed by atoms with Crippen molar-refractivity contribution in [2.24, 2.45) is 5.92 Å². The lowest BCUT2D eigenvalue weighted by atomic mass is 9.89. The van der Waals surface area contributed by atoms with Crippen molar-refractivity contribution in [1.29, 1.82) is 0 Å². The van der Waals surface area contributed by atoms with Crippen LogP contribution >= 0.6 is 0 Å². The van der Waals surface area contributed by atoms with Crippen molar-refractivity contribution in [3.05, 3.63) is 102 Å². The van der Waals surface area contributed by atoms with Crippen LogP contribution in [0, 0.1) is 5.92 Å². The summed E-state index contributed by atoms with van der Waals surface area (Å²) in [7, 11) is 0. The Morgan fingerprint density at radius 3 is 2.07 bits per heavy atom. The van der Waals surface area contributed by atoms with Crippen molar-refractivity contribution >= 4 is 23.6 Å². The minimum Gasteiger partial charge on any atom is -0.489 e. The van der Waals surface area contributed by atoms with Gasteiger partial charge >= 0.3 is 6.09 Å². The number of Topliss-reactive ketones (excluding diaryl/α,β-unsaturated/α-hetero) is 2. The number of rotatable bonds is 11. The quantitative estimate of drug-likeness (QED) is 0.335. The van der Waals surface area contributed by atoms with E-state index in [9.17, 15) is 19.2 Å². The van der Waals surface area contributed by atoms with Gasteiger partial charge in [0.15, 0.2) is 17.5 Å². The number of hydrogen-bond donors (Lipinski definition) is 2. The number of ketones is 2. The van der Waals surface area contributed by atoms with E-state index in [4.69, 9.17) is 9.47 Å². The fourth-order valence-electron chi connectivity index (χ4n) is 4.67. The maximum atomic E-state index is 13.6. The molecule has 0 saturated carbocycles. The van der Waals surface area contributed by atoms with Crippen molar-refractivity contribution in [2.45, 2.75) is 64.3 Å². The van der Waals surface area contributed by atoms with E-state index in [2.05, 4.69) is 10.6 Å². The molecule has 4 rings (SSSR count). The van der Waals surface area contributed by atoms with Crippen LogP contribution in [0.3, 0.4) is 0 Å². The Kier molecular flexibility index (Phi) is 9.55. The van der Waals surface area contributed by atoms with Crippen LogP contribution < -0.4 is 15.4 Å². The molecule has 0 bridgehead atoms. The zero-order valence-electron chi connectivity index (χ0n) is 23.6. The first-order valence-electron chi connectivity index (χ1n) is 13.8. The molecule has 8 heteroatoms. The normalized spacial score (nSPS) is 17.4. The minimum atomic E-state index is -1.50. The molecule has 3 atom stereocenters. The maximum absolute atomic E-state index is 13.6. The van der Waals surface area contributed by atoms with Crippen molar-refractivity contribution in [3.63, 3.8) is 0 Å². The number of aryl methyl sites for hydroxylation is 1. The lowest BCUT2D eigenvalue weighted by Gasteiger charge is -2.24. The van der Waals surface area contributed by atoms with Gasteiger partial charge in [-0.25, -0.2) is 4.79 Å². The van der Waals surface area contributed by atoms with Crippen molar-refractivity contribution in [1.82, 2.24) is 10.6 Å². The van der Waals surface area contributed by atoms with Crippen molar-refractivity contribution < 1.29 is 28.7 Å². The van der Waals surface area contributed by atoms with Gasteiger partial charge in [-0.15, -0.1) is 0 Å². The molecule has 1 aliphatic heterocycles. The molecule has 1 saturated heterocycles. The first kappa shape index (κ1) is 29.5. The molecule has 1 fully saturated rings. The largest absolute Gasteiger partial charge is 0.489 e. The number of carbonyl (C=O) groups excluding carboxylic acids is 4. The summed E-state index contributed by atoms with van der Waals surface area (Å²) < 4.78 is 11.2. The highest BCUT2D eigenvalue weighted by Gasteiger charge is 2.47. The SMILES string of the molecule is CC(C)(C)OC(=O)NC(Cc1ccc(OCc2ccccc2)cc1)C(=O)C1C(=O)NC(CCc2ccccc2)C1=O. The second-order valence-corrected chi connectivity index (χ2v) is 11.1. The lowest BCUT2D eigenvalue weighted by Crippen LogP contribution is -2.49. The zero-order valence-corrected chi connectivity index (χ0v) is 23.6. The Balaban J connectivity index is 1.45. The van der Waals surface area contributed by atoms with Crippen LogP contribution in [0.15, 0.2) is 84.9 Å². The molecule has 214 valence electrons. The van der Waals surface area contributed by atoms with Gasteiger partial charge in [0.25, 0.3) is 0 Å². The topological polar surface area (TPSA) is 111 Å². The molecule has 3 aromatic rings. The zero-order chi connectivity index (χ0) is 29.4. The van der Waals surface area contributed by atoms with E-state index in [1.54, 1.807) is 45.0 Å². The van der Waals surface area contributed by atoms with Gasteiger partial charge in [-0.3, -0.25) is 14.4 Å². The third-order valence-electron chi connectivity index (χ3n) is 6.70. The minimum absolute atomic E-state index is 0.0722. The molecule has 3 unspecified atom stereocenters. The molecule has 8 nitrogen and oxygen atoms in total. The summed E-state index contributed by atoms with van der Waals surface area (Å²) in [4.78, 5) is 52.3. The molecular formula is C33H36N2O6. The van der Waals surface area contributed by atoms with E-state index < -0.39 is 47.2 Å². The Labute approximate surface area is 240 Å². The van der Waals surface area contributed by atoms with Gasteiger partial charge in [0.2, 0.25) is 5.91 Å². The van der Waals surface area contributed by atoms with Gasteiger partial charge in [-0.05, 0) is 68.9 Å². The third kappa shape index (κ3) is 8.51. The number of carbonyl (C=O) groups is 4. The fourth-order valence-corrected chi connectivity index (χ4v) is 4.67. The van der Waals surface area contributed by atoms with E-state index in [-0.39, 0.29) is 6.42 Å². The summed E-state index contributed by atoms with van der Waals surface area (Å²) in [6, 6.07) is 24.6. The Morgan fingerprint density at radius 2 is 1.46 bits per heavy atom. The molecule has 1 aliphatic rings. The van der Waals surface area contributed by atoms with Crippen LogP contribution in [0.5, 0.6) is 5.75 Å². The van der Waals surface area contributed by atoms with Gasteiger partial charge in [0.1, 0.15) is 18.0 Å². The lowest BCUT2D eigenvalue weighted by molar-refractivity contribution is -0.137. The number of alkyl carbamates (subject to hydrolysis) is 1. The van der Waals surface area contributed by atoms with Gasteiger partial charge in [-0.2, -0.15) is 0 Å². The maximum Gasteiger partial charge on any atom is 0.408 e. The van der Waals surface area contributed by atoms with Gasteiger partial charge in [-0.1, -0.05) is 72.8 Å². The monoisotopic (exact) mass is 556 g/mol. The molecule has 2 amide bonds. The van der Waals surface area contributed by atoms with Crippen molar-refractivity contribution in [3.8, 4) is 5.75 Å². The van der Waals surface area contributed by atoms with E-state index in [0.717, 1.165) is 16.7 Å². The number of amides is 2. The average molecular weight is 557 g/mol. The van der Waals surface area contributed by atoms with E-state index in [0.29, 0.717) is 25.2 Å². The van der Waals surface area contributed by atoms with E-state index in [1.807, 2.05) is 60.7 Å². The van der Waals surface area contributed by atoms with Crippen molar-refractivity contribution in [2.75, 3.05) is 0 Å². The van der Waals surface area contributed by atoms with E-state index in [1.165, 1.54) is 0 Å². The van der Waals surface area contributed by atoms with Crippen LogP contribution in [0.25, 0.3) is 0 Å². The average Bonchev–Trinajstić information content (AvgIpc) is 3.23. The Hall–Kier alpha value is -4.46. The molecule has 1 heterocycles. The number of nitrogens with one attached hydrogen (secondary N) is 2. The predicted octanol–water partition coefficient (Wildman–Crippen LogP) is 4.59. The molecule has 2 N–H and O–H groups in total. The Morgan fingerprint density at radius 1 is 0.854 bits per heavy atom. The highest BCUT2D eigenvalue weighted by Crippen LogP contribution is 2.22. The third-order valence-corrected chi connectivity index (χ3v) is 6.70. The number of benzene rings is 3. The smallest absolute Gasteiger partial charge is 0.408 e.